The Balaban J connectivity index is 2.15. The minimum absolute atomic E-state index is 0.994. The van der Waals surface area contributed by atoms with Crippen LogP contribution in [0.15, 0.2) is 52.2 Å². The minimum Gasteiger partial charge on any atom is -0.256 e. The fourth-order valence-electron chi connectivity index (χ4n) is 1.01. The van der Waals surface area contributed by atoms with Gasteiger partial charge in [-0.15, -0.1) is 0 Å². The van der Waals surface area contributed by atoms with E-state index < -0.39 is 0 Å². The van der Waals surface area contributed by atoms with E-state index >= 15 is 0 Å². The normalized spacial score (nSPS) is 10.8. The number of para-hydroxylation sites is 1. The Labute approximate surface area is 81.4 Å². The van der Waals surface area contributed by atoms with Gasteiger partial charge in [-0.05, 0) is 29.0 Å². The predicted octanol–water partition coefficient (Wildman–Crippen LogP) is 3.50. The van der Waals surface area contributed by atoms with Crippen molar-refractivity contribution in [2.24, 2.45) is 4.99 Å². The van der Waals surface area contributed by atoms with Crippen LogP contribution in [-0.2, 0) is 0 Å². The molecule has 2 heteroatoms. The molecular formula is C11H9NS. The van der Waals surface area contributed by atoms with Crippen molar-refractivity contribution in [2.45, 2.75) is 0 Å². The van der Waals surface area contributed by atoms with E-state index in [9.17, 15) is 0 Å². The number of nitrogens with zero attached hydrogens (tertiary/aromatic N) is 1. The summed E-state index contributed by atoms with van der Waals surface area (Å²) in [7, 11) is 0. The minimum atomic E-state index is 0.994. The third kappa shape index (κ3) is 2.26. The van der Waals surface area contributed by atoms with Crippen molar-refractivity contribution in [2.75, 3.05) is 0 Å². The summed E-state index contributed by atoms with van der Waals surface area (Å²) in [6, 6.07) is 12.0. The maximum Gasteiger partial charge on any atom is 0.0629 e. The van der Waals surface area contributed by atoms with Crippen LogP contribution in [0, 0.1) is 0 Å². The van der Waals surface area contributed by atoms with E-state index in [2.05, 4.69) is 16.4 Å². The van der Waals surface area contributed by atoms with E-state index in [1.807, 2.05) is 41.9 Å². The number of hydrogen-bond donors (Lipinski definition) is 0. The van der Waals surface area contributed by atoms with Crippen LogP contribution in [0.5, 0.6) is 0 Å². The van der Waals surface area contributed by atoms with Crippen LogP contribution in [-0.4, -0.2) is 6.21 Å². The first kappa shape index (κ1) is 8.20. The number of rotatable bonds is 2. The highest BCUT2D eigenvalue weighted by Crippen LogP contribution is 2.10. The van der Waals surface area contributed by atoms with Gasteiger partial charge in [-0.1, -0.05) is 18.2 Å². The molecule has 2 aromatic rings. The molecule has 0 atom stereocenters. The smallest absolute Gasteiger partial charge is 0.0629 e. The fourth-order valence-corrected chi connectivity index (χ4v) is 1.62. The lowest BCUT2D eigenvalue weighted by molar-refractivity contribution is 1.53. The van der Waals surface area contributed by atoms with Gasteiger partial charge in [0.1, 0.15) is 0 Å². The average molecular weight is 187 g/mol. The van der Waals surface area contributed by atoms with Crippen LogP contribution >= 0.6 is 11.3 Å². The lowest BCUT2D eigenvalue weighted by Gasteiger charge is -1.89. The van der Waals surface area contributed by atoms with E-state index in [1.54, 1.807) is 11.3 Å². The molecule has 0 unspecified atom stereocenters. The Hall–Kier alpha value is -1.41. The zero-order valence-corrected chi connectivity index (χ0v) is 7.87. The van der Waals surface area contributed by atoms with E-state index in [4.69, 9.17) is 0 Å². The maximum absolute atomic E-state index is 4.33. The summed E-state index contributed by atoms with van der Waals surface area (Å²) >= 11 is 1.68. The zero-order valence-electron chi connectivity index (χ0n) is 7.05. The molecule has 1 aromatic carbocycles. The topological polar surface area (TPSA) is 12.4 Å². The third-order valence-electron chi connectivity index (χ3n) is 1.66. The Bertz CT molecular complexity index is 376. The molecule has 13 heavy (non-hydrogen) atoms. The van der Waals surface area contributed by atoms with Gasteiger partial charge in [-0.3, -0.25) is 4.99 Å². The molecule has 1 nitrogen and oxygen atoms in total. The summed E-state index contributed by atoms with van der Waals surface area (Å²) in [5, 5.41) is 4.12. The first-order valence-corrected chi connectivity index (χ1v) is 5.01. The predicted molar refractivity (Wildman–Crippen MR) is 58.0 cm³/mol. The Morgan fingerprint density at radius 1 is 1.08 bits per heavy atom. The van der Waals surface area contributed by atoms with Gasteiger partial charge in [0.05, 0.1) is 5.69 Å². The summed E-state index contributed by atoms with van der Waals surface area (Å²) < 4.78 is 0. The van der Waals surface area contributed by atoms with Crippen LogP contribution in [0.4, 0.5) is 5.69 Å². The van der Waals surface area contributed by atoms with Crippen LogP contribution in [0.1, 0.15) is 5.56 Å². The van der Waals surface area contributed by atoms with Gasteiger partial charge in [0.15, 0.2) is 0 Å². The number of aliphatic imine (C=N–C) groups is 1. The highest BCUT2D eigenvalue weighted by atomic mass is 32.1. The van der Waals surface area contributed by atoms with E-state index in [-0.39, 0.29) is 0 Å². The molecule has 0 saturated carbocycles. The monoisotopic (exact) mass is 187 g/mol. The molecule has 0 aliphatic heterocycles. The van der Waals surface area contributed by atoms with Crippen molar-refractivity contribution >= 4 is 23.2 Å². The molecule has 0 aliphatic rings. The lowest BCUT2D eigenvalue weighted by atomic mass is 10.3. The van der Waals surface area contributed by atoms with Crippen molar-refractivity contribution in [1.82, 2.24) is 0 Å². The summed E-state index contributed by atoms with van der Waals surface area (Å²) in [5.41, 5.74) is 2.16. The second-order valence-corrected chi connectivity index (χ2v) is 3.43. The van der Waals surface area contributed by atoms with Crippen molar-refractivity contribution in [3.63, 3.8) is 0 Å². The third-order valence-corrected chi connectivity index (χ3v) is 2.36. The van der Waals surface area contributed by atoms with Crippen molar-refractivity contribution in [3.8, 4) is 0 Å². The standard InChI is InChI=1S/C11H9NS/c1-2-4-11(5-3-1)12-8-10-6-7-13-9-10/h1-9H. The number of hydrogen-bond acceptors (Lipinski definition) is 2. The molecule has 0 aliphatic carbocycles. The van der Waals surface area contributed by atoms with Crippen molar-refractivity contribution in [1.29, 1.82) is 0 Å². The molecule has 0 amide bonds. The van der Waals surface area contributed by atoms with Gasteiger partial charge < -0.3 is 0 Å². The summed E-state index contributed by atoms with van der Waals surface area (Å²) in [6.45, 7) is 0. The van der Waals surface area contributed by atoms with E-state index in [1.165, 1.54) is 0 Å². The van der Waals surface area contributed by atoms with Crippen molar-refractivity contribution < 1.29 is 0 Å². The molecule has 0 radical (unpaired) electrons. The first-order valence-electron chi connectivity index (χ1n) is 4.06. The van der Waals surface area contributed by atoms with Gasteiger partial charge in [0.2, 0.25) is 0 Å². The Morgan fingerprint density at radius 2 is 1.92 bits per heavy atom. The molecule has 1 heterocycles. The van der Waals surface area contributed by atoms with Crippen molar-refractivity contribution in [3.05, 3.63) is 52.7 Å². The van der Waals surface area contributed by atoms with Gasteiger partial charge in [-0.2, -0.15) is 11.3 Å². The molecule has 1 aromatic heterocycles. The van der Waals surface area contributed by atoms with Crippen LogP contribution in [0.2, 0.25) is 0 Å². The molecule has 0 fully saturated rings. The molecule has 0 N–H and O–H groups in total. The van der Waals surface area contributed by atoms with Gasteiger partial charge in [0.25, 0.3) is 0 Å². The molecule has 64 valence electrons. The lowest BCUT2D eigenvalue weighted by Crippen LogP contribution is -1.72. The van der Waals surface area contributed by atoms with Crippen LogP contribution in [0.3, 0.4) is 0 Å². The fraction of sp³-hybridized carbons (Fsp3) is 0. The maximum atomic E-state index is 4.33. The van der Waals surface area contributed by atoms with Gasteiger partial charge in [0, 0.05) is 11.8 Å². The molecule has 0 spiro atoms. The second kappa shape index (κ2) is 4.01. The molecular weight excluding hydrogens is 178 g/mol. The van der Waals surface area contributed by atoms with Crippen LogP contribution < -0.4 is 0 Å². The molecule has 0 saturated heterocycles. The zero-order chi connectivity index (χ0) is 8.93. The van der Waals surface area contributed by atoms with Gasteiger partial charge >= 0.3 is 0 Å². The Morgan fingerprint density at radius 3 is 2.62 bits per heavy atom. The quantitative estimate of drug-likeness (QED) is 0.638. The summed E-state index contributed by atoms with van der Waals surface area (Å²) in [6.07, 6.45) is 1.88. The van der Waals surface area contributed by atoms with Crippen LogP contribution in [0.25, 0.3) is 0 Å². The van der Waals surface area contributed by atoms with Gasteiger partial charge in [-0.25, -0.2) is 0 Å². The highest BCUT2D eigenvalue weighted by Gasteiger charge is 1.86. The number of thiophene rings is 1. The SMILES string of the molecule is C(=Nc1ccccc1)c1ccsc1. The van der Waals surface area contributed by atoms with E-state index in [0.29, 0.717) is 0 Å². The first-order chi connectivity index (χ1) is 6.45. The summed E-state index contributed by atoms with van der Waals surface area (Å²) in [4.78, 5) is 4.33. The average Bonchev–Trinajstić information content (AvgIpc) is 2.69. The number of benzene rings is 1. The molecule has 0 bridgehead atoms. The highest BCUT2D eigenvalue weighted by molar-refractivity contribution is 7.08. The van der Waals surface area contributed by atoms with E-state index in [0.717, 1.165) is 11.3 Å². The largest absolute Gasteiger partial charge is 0.256 e. The molecule has 2 rings (SSSR count). The Kier molecular flexibility index (Phi) is 2.53. The summed E-state index contributed by atoms with van der Waals surface area (Å²) in [5.74, 6) is 0. The second-order valence-electron chi connectivity index (χ2n) is 2.65.